The van der Waals surface area contributed by atoms with Crippen molar-refractivity contribution in [3.63, 3.8) is 0 Å². The minimum absolute atomic E-state index is 0.0103. The van der Waals surface area contributed by atoms with Gasteiger partial charge in [0.1, 0.15) is 0 Å². The van der Waals surface area contributed by atoms with Crippen molar-refractivity contribution in [1.29, 1.82) is 0 Å². The standard InChI is InChI=1S/C17H19ClN2O/c1-11-5-3-4-6-13(11)9-12(2)20-17(21)15-10-14(19)7-8-16(15)18/h3-8,10,12H,9,19H2,1-2H3,(H,20,21). The minimum atomic E-state index is -0.201. The highest BCUT2D eigenvalue weighted by Crippen LogP contribution is 2.19. The smallest absolute Gasteiger partial charge is 0.253 e. The summed E-state index contributed by atoms with van der Waals surface area (Å²) in [6.07, 6.45) is 0.776. The van der Waals surface area contributed by atoms with Gasteiger partial charge in [-0.2, -0.15) is 0 Å². The number of rotatable bonds is 4. The van der Waals surface area contributed by atoms with Crippen LogP contribution in [0.4, 0.5) is 5.69 Å². The summed E-state index contributed by atoms with van der Waals surface area (Å²) in [5.41, 5.74) is 9.08. The third kappa shape index (κ3) is 3.99. The van der Waals surface area contributed by atoms with E-state index >= 15 is 0 Å². The molecule has 0 aliphatic heterocycles. The number of amides is 1. The fourth-order valence-corrected chi connectivity index (χ4v) is 2.44. The molecule has 2 rings (SSSR count). The molecule has 2 aromatic carbocycles. The summed E-state index contributed by atoms with van der Waals surface area (Å²) in [6.45, 7) is 4.04. The van der Waals surface area contributed by atoms with Crippen molar-refractivity contribution in [3.8, 4) is 0 Å². The molecule has 4 heteroatoms. The Labute approximate surface area is 130 Å². The van der Waals surface area contributed by atoms with E-state index in [1.54, 1.807) is 18.2 Å². The molecule has 0 aliphatic carbocycles. The molecule has 0 spiro atoms. The maximum Gasteiger partial charge on any atom is 0.253 e. The van der Waals surface area contributed by atoms with Crippen molar-refractivity contribution < 1.29 is 4.79 Å². The number of benzene rings is 2. The van der Waals surface area contributed by atoms with Crippen molar-refractivity contribution in [2.24, 2.45) is 0 Å². The largest absolute Gasteiger partial charge is 0.399 e. The fraction of sp³-hybridized carbons (Fsp3) is 0.235. The number of nitrogen functional groups attached to an aromatic ring is 1. The number of carbonyl (C=O) groups is 1. The molecule has 0 heterocycles. The zero-order chi connectivity index (χ0) is 15.4. The minimum Gasteiger partial charge on any atom is -0.399 e. The van der Waals surface area contributed by atoms with Gasteiger partial charge in [0.25, 0.3) is 5.91 Å². The van der Waals surface area contributed by atoms with Gasteiger partial charge in [0.05, 0.1) is 10.6 Å². The molecule has 0 radical (unpaired) electrons. The van der Waals surface area contributed by atoms with Gasteiger partial charge in [-0.05, 0) is 49.6 Å². The first-order valence-corrected chi connectivity index (χ1v) is 7.25. The second kappa shape index (κ2) is 6.64. The van der Waals surface area contributed by atoms with Gasteiger partial charge in [0.15, 0.2) is 0 Å². The zero-order valence-electron chi connectivity index (χ0n) is 12.2. The van der Waals surface area contributed by atoms with Crippen LogP contribution in [-0.2, 0) is 6.42 Å². The number of aryl methyl sites for hydroxylation is 1. The maximum atomic E-state index is 12.3. The van der Waals surface area contributed by atoms with Crippen LogP contribution in [0, 0.1) is 6.92 Å². The highest BCUT2D eigenvalue weighted by Gasteiger charge is 2.14. The van der Waals surface area contributed by atoms with E-state index in [9.17, 15) is 4.79 Å². The molecule has 3 N–H and O–H groups in total. The molecular weight excluding hydrogens is 284 g/mol. The van der Waals surface area contributed by atoms with Gasteiger partial charge in [-0.25, -0.2) is 0 Å². The van der Waals surface area contributed by atoms with Crippen LogP contribution < -0.4 is 11.1 Å². The van der Waals surface area contributed by atoms with Crippen LogP contribution in [0.3, 0.4) is 0 Å². The van der Waals surface area contributed by atoms with Gasteiger partial charge in [-0.1, -0.05) is 35.9 Å². The van der Waals surface area contributed by atoms with E-state index in [4.69, 9.17) is 17.3 Å². The second-order valence-corrected chi connectivity index (χ2v) is 5.65. The Morgan fingerprint density at radius 1 is 1.29 bits per heavy atom. The van der Waals surface area contributed by atoms with Gasteiger partial charge in [-0.15, -0.1) is 0 Å². The van der Waals surface area contributed by atoms with Crippen molar-refractivity contribution >= 4 is 23.2 Å². The molecule has 1 unspecified atom stereocenters. The van der Waals surface area contributed by atoms with Crippen LogP contribution in [0.25, 0.3) is 0 Å². The summed E-state index contributed by atoms with van der Waals surface area (Å²) >= 11 is 6.04. The van der Waals surface area contributed by atoms with Crippen LogP contribution in [0.5, 0.6) is 0 Å². The van der Waals surface area contributed by atoms with Gasteiger partial charge >= 0.3 is 0 Å². The predicted molar refractivity (Wildman–Crippen MR) is 87.7 cm³/mol. The normalized spacial score (nSPS) is 12.0. The van der Waals surface area contributed by atoms with E-state index in [2.05, 4.69) is 24.4 Å². The summed E-state index contributed by atoms with van der Waals surface area (Å²) in [5, 5.41) is 3.37. The topological polar surface area (TPSA) is 55.1 Å². The Morgan fingerprint density at radius 3 is 2.71 bits per heavy atom. The summed E-state index contributed by atoms with van der Waals surface area (Å²) < 4.78 is 0. The highest BCUT2D eigenvalue weighted by atomic mass is 35.5. The molecule has 1 atom stereocenters. The lowest BCUT2D eigenvalue weighted by molar-refractivity contribution is 0.0940. The number of nitrogens with one attached hydrogen (secondary N) is 1. The van der Waals surface area contributed by atoms with Gasteiger partial charge in [0.2, 0.25) is 0 Å². The van der Waals surface area contributed by atoms with Crippen molar-refractivity contribution in [3.05, 3.63) is 64.2 Å². The van der Waals surface area contributed by atoms with Crippen LogP contribution >= 0.6 is 11.6 Å². The van der Waals surface area contributed by atoms with E-state index < -0.39 is 0 Å². The van der Waals surface area contributed by atoms with E-state index in [0.29, 0.717) is 16.3 Å². The van der Waals surface area contributed by atoms with Gasteiger partial charge in [-0.3, -0.25) is 4.79 Å². The van der Waals surface area contributed by atoms with Crippen LogP contribution in [0.2, 0.25) is 5.02 Å². The molecule has 3 nitrogen and oxygen atoms in total. The molecule has 0 bridgehead atoms. The molecule has 2 aromatic rings. The molecule has 21 heavy (non-hydrogen) atoms. The van der Waals surface area contributed by atoms with Gasteiger partial charge in [0, 0.05) is 11.7 Å². The van der Waals surface area contributed by atoms with Crippen LogP contribution in [-0.4, -0.2) is 11.9 Å². The van der Waals surface area contributed by atoms with E-state index in [-0.39, 0.29) is 11.9 Å². The molecule has 1 amide bonds. The van der Waals surface area contributed by atoms with E-state index in [1.807, 2.05) is 19.1 Å². The molecular formula is C17H19ClN2O. The van der Waals surface area contributed by atoms with Gasteiger partial charge < -0.3 is 11.1 Å². The number of hydrogen-bond acceptors (Lipinski definition) is 2. The predicted octanol–water partition coefficient (Wildman–Crippen LogP) is 3.59. The molecule has 0 aliphatic rings. The number of nitrogens with two attached hydrogens (primary N) is 1. The number of anilines is 1. The first kappa shape index (κ1) is 15.4. The first-order chi connectivity index (χ1) is 9.97. The number of carbonyl (C=O) groups excluding carboxylic acids is 1. The molecule has 110 valence electrons. The van der Waals surface area contributed by atoms with Crippen LogP contribution in [0.15, 0.2) is 42.5 Å². The monoisotopic (exact) mass is 302 g/mol. The number of hydrogen-bond donors (Lipinski definition) is 2. The Bertz CT molecular complexity index is 655. The lowest BCUT2D eigenvalue weighted by Gasteiger charge is -2.16. The third-order valence-corrected chi connectivity index (χ3v) is 3.73. The van der Waals surface area contributed by atoms with Crippen molar-refractivity contribution in [2.75, 3.05) is 5.73 Å². The third-order valence-electron chi connectivity index (χ3n) is 3.40. The zero-order valence-corrected chi connectivity index (χ0v) is 12.9. The molecule has 0 aromatic heterocycles. The lowest BCUT2D eigenvalue weighted by atomic mass is 10.0. The fourth-order valence-electron chi connectivity index (χ4n) is 2.24. The van der Waals surface area contributed by atoms with Crippen molar-refractivity contribution in [2.45, 2.75) is 26.3 Å². The summed E-state index contributed by atoms with van der Waals surface area (Å²) in [6, 6.07) is 13.1. The molecule has 0 fully saturated rings. The summed E-state index contributed by atoms with van der Waals surface area (Å²) in [4.78, 5) is 12.3. The maximum absolute atomic E-state index is 12.3. The average molecular weight is 303 g/mol. The summed E-state index contributed by atoms with van der Waals surface area (Å²) in [5.74, 6) is -0.201. The number of halogens is 1. The Morgan fingerprint density at radius 2 is 2.00 bits per heavy atom. The van der Waals surface area contributed by atoms with E-state index in [0.717, 1.165) is 6.42 Å². The first-order valence-electron chi connectivity index (χ1n) is 6.87. The van der Waals surface area contributed by atoms with Crippen LogP contribution in [0.1, 0.15) is 28.4 Å². The Hall–Kier alpha value is -2.00. The van der Waals surface area contributed by atoms with E-state index in [1.165, 1.54) is 11.1 Å². The quantitative estimate of drug-likeness (QED) is 0.848. The highest BCUT2D eigenvalue weighted by molar-refractivity contribution is 6.34. The molecule has 0 saturated carbocycles. The summed E-state index contributed by atoms with van der Waals surface area (Å²) in [7, 11) is 0. The Kier molecular flexibility index (Phi) is 4.86. The SMILES string of the molecule is Cc1ccccc1CC(C)NC(=O)c1cc(N)ccc1Cl. The second-order valence-electron chi connectivity index (χ2n) is 5.24. The Balaban J connectivity index is 2.06. The average Bonchev–Trinajstić information content (AvgIpc) is 2.44. The lowest BCUT2D eigenvalue weighted by Crippen LogP contribution is -2.34. The van der Waals surface area contributed by atoms with Crippen molar-refractivity contribution in [1.82, 2.24) is 5.32 Å². The molecule has 0 saturated heterocycles.